The summed E-state index contributed by atoms with van der Waals surface area (Å²) < 4.78 is 0. The fourth-order valence-corrected chi connectivity index (χ4v) is 2.92. The molecular formula is C30H55N. The zero-order chi connectivity index (χ0) is 24.8. The highest BCUT2D eigenvalue weighted by Crippen LogP contribution is 2.21. The van der Waals surface area contributed by atoms with Gasteiger partial charge in [-0.1, -0.05) is 104 Å². The molecule has 1 nitrogen and oxygen atoms in total. The molecule has 0 saturated heterocycles. The number of rotatable bonds is 10. The van der Waals surface area contributed by atoms with Crippen LogP contribution < -0.4 is 5.32 Å². The SMILES string of the molecule is C=CC(C/C(C)=C\C)NC(=C)c1cc(C)c(C)cc1C.CC.CC.CCCCCCC. The van der Waals surface area contributed by atoms with Gasteiger partial charge in [-0.05, 0) is 63.8 Å². The number of benzene rings is 1. The lowest BCUT2D eigenvalue weighted by molar-refractivity contribution is 0.656. The van der Waals surface area contributed by atoms with Crippen LogP contribution >= 0.6 is 0 Å². The average molecular weight is 430 g/mol. The highest BCUT2D eigenvalue weighted by atomic mass is 14.9. The van der Waals surface area contributed by atoms with Crippen molar-refractivity contribution in [3.8, 4) is 0 Å². The number of allylic oxidation sites excluding steroid dienone is 1. The summed E-state index contributed by atoms with van der Waals surface area (Å²) in [5.74, 6) is 0. The van der Waals surface area contributed by atoms with Gasteiger partial charge in [0.1, 0.15) is 0 Å². The van der Waals surface area contributed by atoms with Crippen LogP contribution in [0.1, 0.15) is 116 Å². The highest BCUT2D eigenvalue weighted by molar-refractivity contribution is 5.66. The van der Waals surface area contributed by atoms with Crippen molar-refractivity contribution in [2.75, 3.05) is 0 Å². The van der Waals surface area contributed by atoms with Crippen molar-refractivity contribution < 1.29 is 0 Å². The largest absolute Gasteiger partial charge is 0.379 e. The summed E-state index contributed by atoms with van der Waals surface area (Å²) in [5, 5.41) is 3.48. The maximum absolute atomic E-state index is 4.20. The molecule has 0 spiro atoms. The minimum atomic E-state index is 0.222. The lowest BCUT2D eigenvalue weighted by Crippen LogP contribution is -2.25. The minimum absolute atomic E-state index is 0.222. The average Bonchev–Trinajstić information content (AvgIpc) is 2.79. The number of unbranched alkanes of at least 4 members (excludes halogenated alkanes) is 4. The van der Waals surface area contributed by atoms with Crippen molar-refractivity contribution >= 4 is 5.70 Å². The Balaban J connectivity index is -0.000000598. The summed E-state index contributed by atoms with van der Waals surface area (Å²) in [4.78, 5) is 0. The first-order chi connectivity index (χ1) is 14.8. The van der Waals surface area contributed by atoms with Gasteiger partial charge in [-0.2, -0.15) is 0 Å². The van der Waals surface area contributed by atoms with Crippen LogP contribution in [0.25, 0.3) is 5.70 Å². The monoisotopic (exact) mass is 429 g/mol. The Labute approximate surface area is 197 Å². The Morgan fingerprint density at radius 3 is 1.81 bits per heavy atom. The quantitative estimate of drug-likeness (QED) is 0.288. The third kappa shape index (κ3) is 16.6. The third-order valence-electron chi connectivity index (χ3n) is 5.05. The lowest BCUT2D eigenvalue weighted by Gasteiger charge is -2.20. The molecule has 0 heterocycles. The van der Waals surface area contributed by atoms with Gasteiger partial charge in [0.05, 0.1) is 0 Å². The molecule has 0 aromatic heterocycles. The maximum atomic E-state index is 4.20. The van der Waals surface area contributed by atoms with Gasteiger partial charge in [-0.25, -0.2) is 0 Å². The predicted molar refractivity (Wildman–Crippen MR) is 148 cm³/mol. The summed E-state index contributed by atoms with van der Waals surface area (Å²) in [6, 6.07) is 4.65. The van der Waals surface area contributed by atoms with Gasteiger partial charge in [0.25, 0.3) is 0 Å². The summed E-state index contributed by atoms with van der Waals surface area (Å²) in [7, 11) is 0. The number of hydrogen-bond donors (Lipinski definition) is 1. The van der Waals surface area contributed by atoms with Crippen molar-refractivity contribution in [1.29, 1.82) is 0 Å². The van der Waals surface area contributed by atoms with Crippen LogP contribution in [0.5, 0.6) is 0 Å². The summed E-state index contributed by atoms with van der Waals surface area (Å²) in [6.45, 7) is 31.2. The Hall–Kier alpha value is -1.76. The van der Waals surface area contributed by atoms with E-state index in [1.54, 1.807) is 0 Å². The van der Waals surface area contributed by atoms with Crippen molar-refractivity contribution in [1.82, 2.24) is 5.32 Å². The molecule has 1 rings (SSSR count). The summed E-state index contributed by atoms with van der Waals surface area (Å²) in [5.41, 5.74) is 7.40. The van der Waals surface area contributed by atoms with E-state index in [-0.39, 0.29) is 6.04 Å². The topological polar surface area (TPSA) is 12.0 Å². The van der Waals surface area contributed by atoms with E-state index < -0.39 is 0 Å². The Morgan fingerprint density at radius 2 is 1.39 bits per heavy atom. The molecular weight excluding hydrogens is 374 g/mol. The smallest absolute Gasteiger partial charge is 0.0478 e. The summed E-state index contributed by atoms with van der Waals surface area (Å²) in [6.07, 6.45) is 12.1. The van der Waals surface area contributed by atoms with Crippen molar-refractivity contribution in [2.45, 2.75) is 121 Å². The van der Waals surface area contributed by atoms with Crippen molar-refractivity contribution in [3.63, 3.8) is 0 Å². The lowest BCUT2D eigenvalue weighted by atomic mass is 9.98. The Morgan fingerprint density at radius 1 is 0.903 bits per heavy atom. The van der Waals surface area contributed by atoms with Gasteiger partial charge in [0, 0.05) is 17.3 Å². The Kier molecular flexibility index (Phi) is 25.0. The molecule has 0 radical (unpaired) electrons. The fourth-order valence-electron chi connectivity index (χ4n) is 2.92. The van der Waals surface area contributed by atoms with Crippen LogP contribution in [0, 0.1) is 20.8 Å². The highest BCUT2D eigenvalue weighted by Gasteiger charge is 2.10. The minimum Gasteiger partial charge on any atom is -0.379 e. The molecule has 1 N–H and O–H groups in total. The first-order valence-corrected chi connectivity index (χ1v) is 12.6. The molecule has 180 valence electrons. The van der Waals surface area contributed by atoms with E-state index in [9.17, 15) is 0 Å². The molecule has 0 aliphatic carbocycles. The van der Waals surface area contributed by atoms with Gasteiger partial charge in [0.15, 0.2) is 0 Å². The first kappa shape index (κ1) is 33.9. The van der Waals surface area contributed by atoms with Gasteiger partial charge >= 0.3 is 0 Å². The fraction of sp³-hybridized carbons (Fsp3) is 0.600. The van der Waals surface area contributed by atoms with E-state index in [0.29, 0.717) is 0 Å². The normalized spacial score (nSPS) is 10.9. The Bertz CT molecular complexity index is 603. The molecule has 31 heavy (non-hydrogen) atoms. The second kappa shape index (κ2) is 22.9. The zero-order valence-electron chi connectivity index (χ0n) is 23.0. The molecule has 1 unspecified atom stereocenters. The van der Waals surface area contributed by atoms with E-state index in [4.69, 9.17) is 0 Å². The van der Waals surface area contributed by atoms with Crippen molar-refractivity contribution in [3.05, 3.63) is 65.3 Å². The molecule has 0 amide bonds. The van der Waals surface area contributed by atoms with Gasteiger partial charge < -0.3 is 5.32 Å². The predicted octanol–water partition coefficient (Wildman–Crippen LogP) is 10.1. The molecule has 0 bridgehead atoms. The molecule has 0 aliphatic rings. The van der Waals surface area contributed by atoms with Crippen LogP contribution in [-0.2, 0) is 0 Å². The van der Waals surface area contributed by atoms with Gasteiger partial charge in [-0.15, -0.1) is 6.58 Å². The zero-order valence-corrected chi connectivity index (χ0v) is 23.0. The molecule has 0 saturated carbocycles. The maximum Gasteiger partial charge on any atom is 0.0478 e. The second-order valence-corrected chi connectivity index (χ2v) is 7.62. The molecule has 0 aliphatic heterocycles. The summed E-state index contributed by atoms with van der Waals surface area (Å²) >= 11 is 0. The van der Waals surface area contributed by atoms with Gasteiger partial charge in [0.2, 0.25) is 0 Å². The van der Waals surface area contributed by atoms with Gasteiger partial charge in [-0.3, -0.25) is 0 Å². The van der Waals surface area contributed by atoms with E-state index in [2.05, 4.69) is 85.1 Å². The molecule has 1 heteroatoms. The van der Waals surface area contributed by atoms with E-state index >= 15 is 0 Å². The number of nitrogens with one attached hydrogen (secondary N) is 1. The number of hydrogen-bond acceptors (Lipinski definition) is 1. The molecule has 1 aromatic carbocycles. The van der Waals surface area contributed by atoms with E-state index in [0.717, 1.165) is 12.1 Å². The van der Waals surface area contributed by atoms with Crippen LogP contribution in [0.3, 0.4) is 0 Å². The van der Waals surface area contributed by atoms with Crippen molar-refractivity contribution in [2.24, 2.45) is 0 Å². The number of aryl methyl sites for hydroxylation is 3. The van der Waals surface area contributed by atoms with E-state index in [1.165, 1.54) is 59.9 Å². The van der Waals surface area contributed by atoms with Crippen LogP contribution in [0.2, 0.25) is 0 Å². The third-order valence-corrected chi connectivity index (χ3v) is 5.05. The molecule has 1 aromatic rings. The second-order valence-electron chi connectivity index (χ2n) is 7.62. The van der Waals surface area contributed by atoms with Crippen LogP contribution in [-0.4, -0.2) is 6.04 Å². The molecule has 0 fully saturated rings. The first-order valence-electron chi connectivity index (χ1n) is 12.6. The standard InChI is InChI=1S/C19H27N.C7H16.2C2H6/c1-8-13(3)10-18(9-2)20-17(7)19-12-15(5)14(4)11-16(19)6;1-3-5-7-6-4-2;2*1-2/h8-9,11-12,18,20H,2,7,10H2,1,3-6H3;3-7H2,1-2H3;2*1-2H3/b13-8-;;;. The van der Waals surface area contributed by atoms with Crippen LogP contribution in [0.15, 0.2) is 43.0 Å². The van der Waals surface area contributed by atoms with Crippen LogP contribution in [0.4, 0.5) is 0 Å². The van der Waals surface area contributed by atoms with E-state index in [1.807, 2.05) is 33.8 Å². The molecule has 1 atom stereocenters.